The minimum absolute atomic E-state index is 0.124. The van der Waals surface area contributed by atoms with E-state index in [1.807, 2.05) is 36.4 Å². The van der Waals surface area contributed by atoms with Crippen LogP contribution in [0.4, 0.5) is 4.79 Å². The Balaban J connectivity index is 1.96. The number of ether oxygens (including phenoxy) is 1. The number of benzene rings is 2. The molecule has 0 spiro atoms. The molecule has 0 aliphatic rings. The predicted molar refractivity (Wildman–Crippen MR) is 107 cm³/mol. The Morgan fingerprint density at radius 2 is 1.79 bits per heavy atom. The van der Waals surface area contributed by atoms with E-state index in [1.54, 1.807) is 44.9 Å². The number of hydrogen-bond acceptors (Lipinski definition) is 4. The fourth-order valence-electron chi connectivity index (χ4n) is 2.55. The second-order valence-electron chi connectivity index (χ2n) is 7.49. The molecule has 0 heterocycles. The molecule has 0 radical (unpaired) electrons. The van der Waals surface area contributed by atoms with Crippen molar-refractivity contribution in [3.05, 3.63) is 59.7 Å². The molecular weight excluding hydrogens is 354 g/mol. The molecule has 6 heteroatoms. The molecule has 0 atom stereocenters. The third-order valence-electron chi connectivity index (χ3n) is 3.90. The molecule has 2 rings (SSSR count). The molecule has 0 saturated heterocycles. The Morgan fingerprint density at radius 3 is 2.39 bits per heavy atom. The predicted octanol–water partition coefficient (Wildman–Crippen LogP) is 3.71. The highest BCUT2D eigenvalue weighted by Gasteiger charge is 2.17. The van der Waals surface area contributed by atoms with Crippen molar-refractivity contribution in [2.75, 3.05) is 13.6 Å². The number of alkyl carbamates (subject to hydrolysis) is 1. The fraction of sp³-hybridized carbons (Fsp3) is 0.318. The lowest BCUT2D eigenvalue weighted by molar-refractivity contribution is -0.129. The first-order valence-corrected chi connectivity index (χ1v) is 8.98. The first-order valence-electron chi connectivity index (χ1n) is 8.98. The first-order chi connectivity index (χ1) is 13.2. The van der Waals surface area contributed by atoms with Crippen LogP contribution in [0.2, 0.25) is 0 Å². The Kier molecular flexibility index (Phi) is 6.78. The lowest BCUT2D eigenvalue weighted by Crippen LogP contribution is -2.40. The van der Waals surface area contributed by atoms with Gasteiger partial charge in [0.2, 0.25) is 5.91 Å². The summed E-state index contributed by atoms with van der Waals surface area (Å²) < 4.78 is 5.13. The summed E-state index contributed by atoms with van der Waals surface area (Å²) in [4.78, 5) is 25.5. The quantitative estimate of drug-likeness (QED) is 0.858. The maximum atomic E-state index is 12.3. The van der Waals surface area contributed by atoms with Crippen LogP contribution < -0.4 is 5.32 Å². The van der Waals surface area contributed by atoms with Gasteiger partial charge < -0.3 is 15.0 Å². The number of amides is 2. The number of hydrogen-bond donors (Lipinski definition) is 1. The maximum Gasteiger partial charge on any atom is 0.408 e. The molecule has 0 aliphatic carbocycles. The summed E-state index contributed by atoms with van der Waals surface area (Å²) in [7, 11) is 1.69. The van der Waals surface area contributed by atoms with Crippen LogP contribution in [-0.2, 0) is 16.1 Å². The summed E-state index contributed by atoms with van der Waals surface area (Å²) in [6.45, 7) is 5.59. The number of nitrogens with zero attached hydrogens (tertiary/aromatic N) is 2. The normalized spacial score (nSPS) is 10.7. The highest BCUT2D eigenvalue weighted by atomic mass is 16.6. The fourth-order valence-corrected chi connectivity index (χ4v) is 2.55. The number of likely N-dealkylation sites (N-methyl/N-ethyl adjacent to an activating group) is 1. The second-order valence-corrected chi connectivity index (χ2v) is 7.49. The third kappa shape index (κ3) is 6.44. The molecular formula is C22H25N3O3. The van der Waals surface area contributed by atoms with Gasteiger partial charge in [-0.25, -0.2) is 4.79 Å². The van der Waals surface area contributed by atoms with Gasteiger partial charge in [0.05, 0.1) is 11.6 Å². The molecule has 0 fully saturated rings. The zero-order valence-corrected chi connectivity index (χ0v) is 16.7. The van der Waals surface area contributed by atoms with E-state index in [1.165, 1.54) is 0 Å². The molecule has 0 saturated carbocycles. The van der Waals surface area contributed by atoms with Gasteiger partial charge in [0.25, 0.3) is 0 Å². The number of carbonyl (C=O) groups is 2. The monoisotopic (exact) mass is 379 g/mol. The van der Waals surface area contributed by atoms with Gasteiger partial charge in [-0.05, 0) is 55.7 Å². The van der Waals surface area contributed by atoms with Crippen LogP contribution in [0, 0.1) is 11.3 Å². The van der Waals surface area contributed by atoms with E-state index in [9.17, 15) is 9.59 Å². The van der Waals surface area contributed by atoms with Gasteiger partial charge in [0.15, 0.2) is 0 Å². The Morgan fingerprint density at radius 1 is 1.11 bits per heavy atom. The molecule has 28 heavy (non-hydrogen) atoms. The van der Waals surface area contributed by atoms with Gasteiger partial charge in [-0.15, -0.1) is 0 Å². The zero-order valence-electron chi connectivity index (χ0n) is 16.7. The lowest BCUT2D eigenvalue weighted by Gasteiger charge is -2.21. The summed E-state index contributed by atoms with van der Waals surface area (Å²) >= 11 is 0. The summed E-state index contributed by atoms with van der Waals surface area (Å²) in [6, 6.07) is 17.3. The van der Waals surface area contributed by atoms with Gasteiger partial charge in [-0.3, -0.25) is 4.79 Å². The van der Waals surface area contributed by atoms with Crippen molar-refractivity contribution in [3.8, 4) is 17.2 Å². The van der Waals surface area contributed by atoms with E-state index in [4.69, 9.17) is 10.00 Å². The molecule has 1 N–H and O–H groups in total. The highest BCUT2D eigenvalue weighted by molar-refractivity contribution is 5.82. The van der Waals surface area contributed by atoms with Crippen LogP contribution in [0.3, 0.4) is 0 Å². The highest BCUT2D eigenvalue weighted by Crippen LogP contribution is 2.21. The number of nitriles is 1. The van der Waals surface area contributed by atoms with Crippen molar-refractivity contribution >= 4 is 12.0 Å². The molecule has 2 aromatic rings. The van der Waals surface area contributed by atoms with Crippen molar-refractivity contribution in [2.24, 2.45) is 0 Å². The number of nitrogens with one attached hydrogen (secondary N) is 1. The van der Waals surface area contributed by atoms with E-state index in [0.717, 1.165) is 16.7 Å². The third-order valence-corrected chi connectivity index (χ3v) is 3.90. The Hall–Kier alpha value is -3.33. The van der Waals surface area contributed by atoms with E-state index in [0.29, 0.717) is 12.1 Å². The molecule has 2 aromatic carbocycles. The molecule has 0 unspecified atom stereocenters. The smallest absolute Gasteiger partial charge is 0.408 e. The Labute approximate surface area is 165 Å². The Bertz CT molecular complexity index is 877. The van der Waals surface area contributed by atoms with Crippen LogP contribution in [-0.4, -0.2) is 36.1 Å². The minimum atomic E-state index is -0.614. The number of carbonyl (C=O) groups excluding carboxylic acids is 2. The molecule has 0 aromatic heterocycles. The van der Waals surface area contributed by atoms with Gasteiger partial charge in [-0.2, -0.15) is 5.26 Å². The largest absolute Gasteiger partial charge is 0.444 e. The van der Waals surface area contributed by atoms with Crippen LogP contribution in [0.25, 0.3) is 11.1 Å². The molecule has 0 aliphatic heterocycles. The minimum Gasteiger partial charge on any atom is -0.444 e. The first kappa shape index (κ1) is 21.0. The molecule has 6 nitrogen and oxygen atoms in total. The van der Waals surface area contributed by atoms with Gasteiger partial charge in [0, 0.05) is 13.6 Å². The van der Waals surface area contributed by atoms with Gasteiger partial charge >= 0.3 is 6.09 Å². The van der Waals surface area contributed by atoms with Crippen LogP contribution in [0.5, 0.6) is 0 Å². The lowest BCUT2D eigenvalue weighted by atomic mass is 10.0. The average Bonchev–Trinajstić information content (AvgIpc) is 2.65. The van der Waals surface area contributed by atoms with Crippen molar-refractivity contribution < 1.29 is 14.3 Å². The zero-order chi connectivity index (χ0) is 20.7. The van der Waals surface area contributed by atoms with E-state index >= 15 is 0 Å². The molecule has 2 amide bonds. The van der Waals surface area contributed by atoms with Crippen molar-refractivity contribution in [2.45, 2.75) is 32.9 Å². The summed E-state index contributed by atoms with van der Waals surface area (Å²) in [5.74, 6) is -0.213. The van der Waals surface area contributed by atoms with Gasteiger partial charge in [-0.1, -0.05) is 30.3 Å². The van der Waals surface area contributed by atoms with Crippen LogP contribution in [0.1, 0.15) is 31.9 Å². The van der Waals surface area contributed by atoms with E-state index in [-0.39, 0.29) is 12.5 Å². The summed E-state index contributed by atoms with van der Waals surface area (Å²) in [5, 5.41) is 11.4. The summed E-state index contributed by atoms with van der Waals surface area (Å²) in [6.07, 6.45) is -0.614. The van der Waals surface area contributed by atoms with E-state index in [2.05, 4.69) is 11.4 Å². The van der Waals surface area contributed by atoms with Crippen molar-refractivity contribution in [1.82, 2.24) is 10.2 Å². The molecule has 146 valence electrons. The second kappa shape index (κ2) is 9.05. The van der Waals surface area contributed by atoms with E-state index < -0.39 is 11.7 Å². The van der Waals surface area contributed by atoms with Crippen molar-refractivity contribution in [3.63, 3.8) is 0 Å². The topological polar surface area (TPSA) is 82.4 Å². The summed E-state index contributed by atoms with van der Waals surface area (Å²) in [5.41, 5.74) is 2.99. The average molecular weight is 379 g/mol. The molecule has 0 bridgehead atoms. The maximum absolute atomic E-state index is 12.3. The van der Waals surface area contributed by atoms with Crippen LogP contribution in [0.15, 0.2) is 48.5 Å². The van der Waals surface area contributed by atoms with Crippen molar-refractivity contribution in [1.29, 1.82) is 5.26 Å². The van der Waals surface area contributed by atoms with Crippen LogP contribution >= 0.6 is 0 Å². The standard InChI is InChI=1S/C22H25N3O3/c1-22(2,3)28-21(27)24-14-20(26)25(4)15-17-6-5-7-19(12-17)18-10-8-16(13-23)9-11-18/h5-12H,14-15H2,1-4H3,(H,24,27). The number of rotatable bonds is 5. The SMILES string of the molecule is CN(Cc1cccc(-c2ccc(C#N)cc2)c1)C(=O)CNC(=O)OC(C)(C)C. The van der Waals surface area contributed by atoms with Gasteiger partial charge in [0.1, 0.15) is 12.1 Å².